The number of hydrogen-bond acceptors (Lipinski definition) is 3. The summed E-state index contributed by atoms with van der Waals surface area (Å²) in [4.78, 5) is 2.11. The number of benzene rings is 1. The van der Waals surface area contributed by atoms with Crippen molar-refractivity contribution < 1.29 is 9.52 Å². The normalized spacial score (nSPS) is 11.4. The Bertz CT molecular complexity index is 460. The summed E-state index contributed by atoms with van der Waals surface area (Å²) in [6.07, 6.45) is 2.62. The van der Waals surface area contributed by atoms with Gasteiger partial charge in [-0.15, -0.1) is 0 Å². The summed E-state index contributed by atoms with van der Waals surface area (Å²) in [5.41, 5.74) is 1.82. The SMILES string of the molecule is CN(C)CCc1coc2cccc(O)c12. The third-order valence-electron chi connectivity index (χ3n) is 2.48. The van der Waals surface area contributed by atoms with E-state index in [0.717, 1.165) is 29.5 Å². The summed E-state index contributed by atoms with van der Waals surface area (Å²) >= 11 is 0. The molecule has 1 heterocycles. The van der Waals surface area contributed by atoms with E-state index in [1.165, 1.54) is 0 Å². The molecule has 0 amide bonds. The standard InChI is InChI=1S/C12H15NO2/c1-13(2)7-6-9-8-15-11-5-3-4-10(14)12(9)11/h3-5,8,14H,6-7H2,1-2H3. The average molecular weight is 205 g/mol. The van der Waals surface area contributed by atoms with E-state index in [1.807, 2.05) is 20.2 Å². The first-order valence-electron chi connectivity index (χ1n) is 5.01. The molecule has 0 unspecified atom stereocenters. The van der Waals surface area contributed by atoms with Gasteiger partial charge in [0.05, 0.1) is 11.6 Å². The minimum atomic E-state index is 0.301. The summed E-state index contributed by atoms with van der Waals surface area (Å²) in [5.74, 6) is 0.301. The Morgan fingerprint density at radius 3 is 2.87 bits per heavy atom. The van der Waals surface area contributed by atoms with Crippen LogP contribution in [0.3, 0.4) is 0 Å². The van der Waals surface area contributed by atoms with Crippen LogP contribution in [0.4, 0.5) is 0 Å². The lowest BCUT2D eigenvalue weighted by molar-refractivity contribution is 0.413. The molecule has 0 bridgehead atoms. The van der Waals surface area contributed by atoms with Gasteiger partial charge in [-0.25, -0.2) is 0 Å². The van der Waals surface area contributed by atoms with Crippen LogP contribution in [0.15, 0.2) is 28.9 Å². The summed E-state index contributed by atoms with van der Waals surface area (Å²) in [7, 11) is 4.06. The first-order valence-corrected chi connectivity index (χ1v) is 5.01. The van der Waals surface area contributed by atoms with Crippen LogP contribution in [-0.2, 0) is 6.42 Å². The van der Waals surface area contributed by atoms with E-state index in [4.69, 9.17) is 4.42 Å². The van der Waals surface area contributed by atoms with Crippen LogP contribution < -0.4 is 0 Å². The molecule has 0 atom stereocenters. The maximum atomic E-state index is 9.73. The highest BCUT2D eigenvalue weighted by atomic mass is 16.3. The molecular weight excluding hydrogens is 190 g/mol. The summed E-state index contributed by atoms with van der Waals surface area (Å²) in [6, 6.07) is 5.35. The predicted molar refractivity (Wildman–Crippen MR) is 60.1 cm³/mol. The van der Waals surface area contributed by atoms with E-state index in [2.05, 4.69) is 4.90 Å². The molecule has 0 aliphatic carbocycles. The Morgan fingerprint density at radius 2 is 2.13 bits per heavy atom. The molecule has 3 heteroatoms. The Kier molecular flexibility index (Phi) is 2.64. The third kappa shape index (κ3) is 1.97. The molecule has 0 saturated heterocycles. The Hall–Kier alpha value is -1.48. The highest BCUT2D eigenvalue weighted by Gasteiger charge is 2.09. The topological polar surface area (TPSA) is 36.6 Å². The fourth-order valence-corrected chi connectivity index (χ4v) is 1.66. The van der Waals surface area contributed by atoms with Gasteiger partial charge in [-0.1, -0.05) is 6.07 Å². The first kappa shape index (κ1) is 10.1. The van der Waals surface area contributed by atoms with Crippen LogP contribution >= 0.6 is 0 Å². The number of rotatable bonds is 3. The van der Waals surface area contributed by atoms with Crippen molar-refractivity contribution >= 4 is 11.0 Å². The van der Waals surface area contributed by atoms with Crippen LogP contribution in [0.5, 0.6) is 5.75 Å². The predicted octanol–water partition coefficient (Wildman–Crippen LogP) is 2.24. The van der Waals surface area contributed by atoms with E-state index in [-0.39, 0.29) is 0 Å². The Balaban J connectivity index is 2.35. The Morgan fingerprint density at radius 1 is 1.33 bits per heavy atom. The van der Waals surface area contributed by atoms with Crippen molar-refractivity contribution in [1.29, 1.82) is 0 Å². The van der Waals surface area contributed by atoms with Crippen molar-refractivity contribution in [2.75, 3.05) is 20.6 Å². The summed E-state index contributed by atoms with van der Waals surface area (Å²) in [6.45, 7) is 0.947. The van der Waals surface area contributed by atoms with Gasteiger partial charge in [0.1, 0.15) is 11.3 Å². The molecular formula is C12H15NO2. The van der Waals surface area contributed by atoms with Gasteiger partial charge in [0.2, 0.25) is 0 Å². The molecule has 1 aromatic heterocycles. The molecule has 0 radical (unpaired) electrons. The van der Waals surface area contributed by atoms with Crippen LogP contribution in [0.2, 0.25) is 0 Å². The number of phenols is 1. The van der Waals surface area contributed by atoms with E-state index in [0.29, 0.717) is 5.75 Å². The molecule has 3 nitrogen and oxygen atoms in total. The highest BCUT2D eigenvalue weighted by molar-refractivity contribution is 5.87. The molecule has 2 rings (SSSR count). The minimum absolute atomic E-state index is 0.301. The van der Waals surface area contributed by atoms with Crippen LogP contribution in [0.1, 0.15) is 5.56 Å². The fraction of sp³-hybridized carbons (Fsp3) is 0.333. The number of nitrogens with zero attached hydrogens (tertiary/aromatic N) is 1. The average Bonchev–Trinajstić information content (AvgIpc) is 2.59. The monoisotopic (exact) mass is 205 g/mol. The molecule has 1 aromatic carbocycles. The van der Waals surface area contributed by atoms with Gasteiger partial charge in [-0.2, -0.15) is 0 Å². The van der Waals surface area contributed by atoms with E-state index >= 15 is 0 Å². The van der Waals surface area contributed by atoms with Gasteiger partial charge in [0.15, 0.2) is 0 Å². The maximum Gasteiger partial charge on any atom is 0.137 e. The molecule has 0 aliphatic heterocycles. The van der Waals surface area contributed by atoms with Gasteiger partial charge in [0, 0.05) is 12.1 Å². The van der Waals surface area contributed by atoms with Crippen molar-refractivity contribution in [2.45, 2.75) is 6.42 Å². The lowest BCUT2D eigenvalue weighted by Gasteiger charge is -2.07. The number of furan rings is 1. The number of likely N-dealkylation sites (N-methyl/N-ethyl adjacent to an activating group) is 1. The highest BCUT2D eigenvalue weighted by Crippen LogP contribution is 2.29. The Labute approximate surface area is 88.9 Å². The zero-order chi connectivity index (χ0) is 10.8. The van der Waals surface area contributed by atoms with E-state index in [1.54, 1.807) is 18.4 Å². The molecule has 0 aliphatic rings. The largest absolute Gasteiger partial charge is 0.507 e. The van der Waals surface area contributed by atoms with Crippen LogP contribution in [0, 0.1) is 0 Å². The van der Waals surface area contributed by atoms with Crippen molar-refractivity contribution in [1.82, 2.24) is 4.90 Å². The smallest absolute Gasteiger partial charge is 0.137 e. The molecule has 0 saturated carbocycles. The molecule has 2 aromatic rings. The second-order valence-corrected chi connectivity index (χ2v) is 3.96. The number of aromatic hydroxyl groups is 1. The quantitative estimate of drug-likeness (QED) is 0.834. The first-order chi connectivity index (χ1) is 7.18. The van der Waals surface area contributed by atoms with Gasteiger partial charge >= 0.3 is 0 Å². The molecule has 0 fully saturated rings. The van der Waals surface area contributed by atoms with E-state index < -0.39 is 0 Å². The molecule has 15 heavy (non-hydrogen) atoms. The van der Waals surface area contributed by atoms with Crippen molar-refractivity contribution in [3.63, 3.8) is 0 Å². The fourth-order valence-electron chi connectivity index (χ4n) is 1.66. The number of hydrogen-bond donors (Lipinski definition) is 1. The maximum absolute atomic E-state index is 9.73. The lowest BCUT2D eigenvalue weighted by Crippen LogP contribution is -2.14. The summed E-state index contributed by atoms with van der Waals surface area (Å²) in [5, 5.41) is 10.6. The van der Waals surface area contributed by atoms with E-state index in [9.17, 15) is 5.11 Å². The second-order valence-electron chi connectivity index (χ2n) is 3.96. The van der Waals surface area contributed by atoms with Crippen LogP contribution in [-0.4, -0.2) is 30.6 Å². The molecule has 0 spiro atoms. The van der Waals surface area contributed by atoms with Crippen molar-refractivity contribution in [3.05, 3.63) is 30.0 Å². The minimum Gasteiger partial charge on any atom is -0.507 e. The molecule has 1 N–H and O–H groups in total. The summed E-state index contributed by atoms with van der Waals surface area (Å²) < 4.78 is 5.38. The third-order valence-corrected chi connectivity index (χ3v) is 2.48. The van der Waals surface area contributed by atoms with Gasteiger partial charge in [0.25, 0.3) is 0 Å². The zero-order valence-corrected chi connectivity index (χ0v) is 9.03. The molecule has 80 valence electrons. The number of phenolic OH excluding ortho intramolecular Hbond substituents is 1. The van der Waals surface area contributed by atoms with Crippen molar-refractivity contribution in [3.8, 4) is 5.75 Å². The second kappa shape index (κ2) is 3.95. The lowest BCUT2D eigenvalue weighted by atomic mass is 10.1. The van der Waals surface area contributed by atoms with Gasteiger partial charge in [-0.3, -0.25) is 0 Å². The van der Waals surface area contributed by atoms with Gasteiger partial charge in [-0.05, 0) is 32.6 Å². The van der Waals surface area contributed by atoms with Crippen molar-refractivity contribution in [2.24, 2.45) is 0 Å². The zero-order valence-electron chi connectivity index (χ0n) is 9.03. The number of fused-ring (bicyclic) bond motifs is 1. The van der Waals surface area contributed by atoms with Gasteiger partial charge < -0.3 is 14.4 Å². The van der Waals surface area contributed by atoms with Crippen LogP contribution in [0.25, 0.3) is 11.0 Å².